The summed E-state index contributed by atoms with van der Waals surface area (Å²) in [6.07, 6.45) is 9.51. The topological polar surface area (TPSA) is 80.5 Å². The fraction of sp³-hybridized carbons (Fsp3) is 0.786. The number of rotatable bonds is 3. The highest BCUT2D eigenvalue weighted by Gasteiger charge is 2.38. The van der Waals surface area contributed by atoms with E-state index in [2.05, 4.69) is 5.92 Å². The quantitative estimate of drug-likeness (QED) is 0.752. The summed E-state index contributed by atoms with van der Waals surface area (Å²) in [5.74, 6) is 2.38. The summed E-state index contributed by atoms with van der Waals surface area (Å²) in [6.45, 7) is 0.169. The lowest BCUT2D eigenvalue weighted by atomic mass is 9.84. The zero-order chi connectivity index (χ0) is 14.8. The molecule has 1 aliphatic carbocycles. The van der Waals surface area contributed by atoms with E-state index in [-0.39, 0.29) is 42.0 Å². The molecule has 1 saturated carbocycles. The maximum atomic E-state index is 12.7. The van der Waals surface area contributed by atoms with E-state index in [0.29, 0.717) is 6.42 Å². The van der Waals surface area contributed by atoms with Crippen molar-refractivity contribution in [3.05, 3.63) is 0 Å². The molecular formula is C14H22N2O3S. The van der Waals surface area contributed by atoms with Crippen molar-refractivity contribution >= 4 is 15.7 Å². The summed E-state index contributed by atoms with van der Waals surface area (Å²) in [5.41, 5.74) is 6.05. The van der Waals surface area contributed by atoms with Crippen LogP contribution in [0, 0.1) is 18.3 Å². The number of hydrogen-bond acceptors (Lipinski definition) is 4. The highest BCUT2D eigenvalue weighted by atomic mass is 32.2. The zero-order valence-corrected chi connectivity index (χ0v) is 12.4. The predicted molar refractivity (Wildman–Crippen MR) is 77.5 cm³/mol. The van der Waals surface area contributed by atoms with Gasteiger partial charge in [-0.3, -0.25) is 4.79 Å². The van der Waals surface area contributed by atoms with Gasteiger partial charge in [0.15, 0.2) is 9.84 Å². The summed E-state index contributed by atoms with van der Waals surface area (Å²) < 4.78 is 23.2. The van der Waals surface area contributed by atoms with Gasteiger partial charge >= 0.3 is 0 Å². The third-order valence-electron chi connectivity index (χ3n) is 4.33. The van der Waals surface area contributed by atoms with Crippen molar-refractivity contribution in [1.82, 2.24) is 4.90 Å². The number of carbonyl (C=O) groups excluding carboxylic acids is 1. The molecule has 0 radical (unpaired) electrons. The largest absolute Gasteiger partial charge is 0.327 e. The Morgan fingerprint density at radius 3 is 2.55 bits per heavy atom. The zero-order valence-electron chi connectivity index (χ0n) is 11.6. The number of carbonyl (C=O) groups is 1. The van der Waals surface area contributed by atoms with Gasteiger partial charge in [0.25, 0.3) is 0 Å². The monoisotopic (exact) mass is 298 g/mol. The Bertz CT molecular complexity index is 509. The minimum atomic E-state index is -3.03. The van der Waals surface area contributed by atoms with Crippen LogP contribution in [0.25, 0.3) is 0 Å². The van der Waals surface area contributed by atoms with E-state index >= 15 is 0 Å². The Hall–Kier alpha value is -1.06. The molecule has 6 heteroatoms. The van der Waals surface area contributed by atoms with E-state index in [9.17, 15) is 13.2 Å². The number of nitrogens with two attached hydrogens (primary N) is 1. The molecule has 1 heterocycles. The second kappa shape index (κ2) is 6.15. The normalized spacial score (nSPS) is 32.5. The first-order valence-electron chi connectivity index (χ1n) is 7.14. The fourth-order valence-corrected chi connectivity index (χ4v) is 4.92. The number of amides is 1. The lowest BCUT2D eigenvalue weighted by Crippen LogP contribution is -2.50. The standard InChI is InChI=1S/C14H22N2O3S/c1-2-8-16(11-7-9-20(18,19)10-11)14(17)12-5-3-4-6-13(12)15/h1,11-13H,3-10,15H2. The Kier molecular flexibility index (Phi) is 4.71. The number of hydrogen-bond donors (Lipinski definition) is 1. The third kappa shape index (κ3) is 3.33. The molecule has 5 nitrogen and oxygen atoms in total. The summed E-state index contributed by atoms with van der Waals surface area (Å²) in [4.78, 5) is 14.2. The Balaban J connectivity index is 2.12. The van der Waals surface area contributed by atoms with Crippen molar-refractivity contribution in [1.29, 1.82) is 0 Å². The van der Waals surface area contributed by atoms with Gasteiger partial charge < -0.3 is 10.6 Å². The van der Waals surface area contributed by atoms with Gasteiger partial charge in [0.1, 0.15) is 0 Å². The minimum Gasteiger partial charge on any atom is -0.327 e. The van der Waals surface area contributed by atoms with Crippen LogP contribution in [0.1, 0.15) is 32.1 Å². The smallest absolute Gasteiger partial charge is 0.228 e. The SMILES string of the molecule is C#CCN(C(=O)C1CCCCC1N)C1CCS(=O)(=O)C1. The summed E-state index contributed by atoms with van der Waals surface area (Å²) in [7, 11) is -3.03. The van der Waals surface area contributed by atoms with Crippen LogP contribution in [0.4, 0.5) is 0 Å². The van der Waals surface area contributed by atoms with Gasteiger partial charge in [0, 0.05) is 12.1 Å². The Morgan fingerprint density at radius 1 is 1.30 bits per heavy atom. The lowest BCUT2D eigenvalue weighted by Gasteiger charge is -2.34. The maximum Gasteiger partial charge on any atom is 0.228 e. The number of terminal acetylenes is 1. The van der Waals surface area contributed by atoms with Crippen LogP contribution in [-0.2, 0) is 14.6 Å². The van der Waals surface area contributed by atoms with Gasteiger partial charge in [-0.15, -0.1) is 6.42 Å². The molecule has 0 aromatic rings. The molecule has 3 atom stereocenters. The first kappa shape index (κ1) is 15.3. The maximum absolute atomic E-state index is 12.7. The molecule has 2 N–H and O–H groups in total. The van der Waals surface area contributed by atoms with Crippen molar-refractivity contribution in [2.24, 2.45) is 11.7 Å². The highest BCUT2D eigenvalue weighted by molar-refractivity contribution is 7.91. The van der Waals surface area contributed by atoms with Gasteiger partial charge in [-0.25, -0.2) is 8.42 Å². The molecule has 1 aliphatic heterocycles. The molecule has 0 spiro atoms. The van der Waals surface area contributed by atoms with Gasteiger partial charge in [-0.1, -0.05) is 18.8 Å². The molecule has 2 fully saturated rings. The molecule has 2 aliphatic rings. The molecule has 1 saturated heterocycles. The van der Waals surface area contributed by atoms with Gasteiger partial charge in [0.05, 0.1) is 24.0 Å². The van der Waals surface area contributed by atoms with Crippen molar-refractivity contribution < 1.29 is 13.2 Å². The second-order valence-electron chi connectivity index (χ2n) is 5.78. The first-order valence-corrected chi connectivity index (χ1v) is 8.96. The number of nitrogens with zero attached hydrogens (tertiary/aromatic N) is 1. The fourth-order valence-electron chi connectivity index (χ4n) is 3.19. The summed E-state index contributed by atoms with van der Waals surface area (Å²) >= 11 is 0. The van der Waals surface area contributed by atoms with Crippen molar-refractivity contribution in [3.63, 3.8) is 0 Å². The first-order chi connectivity index (χ1) is 9.44. The molecule has 1 amide bonds. The van der Waals surface area contributed by atoms with Crippen molar-refractivity contribution in [2.45, 2.75) is 44.2 Å². The van der Waals surface area contributed by atoms with E-state index in [1.807, 2.05) is 0 Å². The highest BCUT2D eigenvalue weighted by Crippen LogP contribution is 2.27. The van der Waals surface area contributed by atoms with Gasteiger partial charge in [-0.2, -0.15) is 0 Å². The summed E-state index contributed by atoms with van der Waals surface area (Å²) in [6, 6.07) is -0.410. The van der Waals surface area contributed by atoms with Crippen LogP contribution >= 0.6 is 0 Å². The van der Waals surface area contributed by atoms with E-state index in [1.165, 1.54) is 0 Å². The molecule has 0 bridgehead atoms. The van der Waals surface area contributed by atoms with Crippen molar-refractivity contribution in [2.75, 3.05) is 18.1 Å². The van der Waals surface area contributed by atoms with Crippen LogP contribution < -0.4 is 5.73 Å². The predicted octanol–water partition coefficient (Wildman–Crippen LogP) is 0.153. The molecular weight excluding hydrogens is 276 g/mol. The van der Waals surface area contributed by atoms with Crippen LogP contribution in [-0.4, -0.2) is 49.4 Å². The van der Waals surface area contributed by atoms with Crippen molar-refractivity contribution in [3.8, 4) is 12.3 Å². The Morgan fingerprint density at radius 2 is 2.00 bits per heavy atom. The third-order valence-corrected chi connectivity index (χ3v) is 6.08. The van der Waals surface area contributed by atoms with Crippen LogP contribution in [0.15, 0.2) is 0 Å². The number of sulfone groups is 1. The van der Waals surface area contributed by atoms with Crippen LogP contribution in [0.3, 0.4) is 0 Å². The average Bonchev–Trinajstić information content (AvgIpc) is 2.76. The van der Waals surface area contributed by atoms with E-state index in [4.69, 9.17) is 12.2 Å². The molecule has 2 rings (SSSR count). The van der Waals surface area contributed by atoms with Crippen LogP contribution in [0.2, 0.25) is 0 Å². The molecule has 3 unspecified atom stereocenters. The molecule has 0 aromatic heterocycles. The van der Waals surface area contributed by atoms with E-state index in [1.54, 1.807) is 4.90 Å². The minimum absolute atomic E-state index is 0.0301. The average molecular weight is 298 g/mol. The Labute approximate surface area is 120 Å². The van der Waals surface area contributed by atoms with Crippen LogP contribution in [0.5, 0.6) is 0 Å². The lowest BCUT2D eigenvalue weighted by molar-refractivity contribution is -0.138. The molecule has 112 valence electrons. The van der Waals surface area contributed by atoms with Gasteiger partial charge in [0.2, 0.25) is 5.91 Å². The van der Waals surface area contributed by atoms with E-state index < -0.39 is 9.84 Å². The summed E-state index contributed by atoms with van der Waals surface area (Å²) in [5, 5.41) is 0. The van der Waals surface area contributed by atoms with E-state index in [0.717, 1.165) is 25.7 Å². The molecule has 0 aromatic carbocycles. The second-order valence-corrected chi connectivity index (χ2v) is 8.01. The van der Waals surface area contributed by atoms with Gasteiger partial charge in [-0.05, 0) is 19.3 Å². The molecule has 20 heavy (non-hydrogen) atoms.